The maximum absolute atomic E-state index is 12.7. The van der Waals surface area contributed by atoms with Crippen molar-refractivity contribution in [2.75, 3.05) is 44.2 Å². The zero-order valence-electron chi connectivity index (χ0n) is 13.9. The number of benzene rings is 1. The van der Waals surface area contributed by atoms with E-state index in [4.69, 9.17) is 0 Å². The van der Waals surface area contributed by atoms with E-state index in [0.29, 0.717) is 18.7 Å². The number of anilines is 1. The Labute approximate surface area is 138 Å². The molecule has 5 heteroatoms. The van der Waals surface area contributed by atoms with Crippen LogP contribution in [0.3, 0.4) is 0 Å². The third-order valence-electron chi connectivity index (χ3n) is 5.08. The van der Waals surface area contributed by atoms with Crippen molar-refractivity contribution in [2.45, 2.75) is 25.8 Å². The zero-order valence-corrected chi connectivity index (χ0v) is 13.9. The first-order chi connectivity index (χ1) is 11.2. The second kappa shape index (κ2) is 7.32. The van der Waals surface area contributed by atoms with Crippen LogP contribution in [-0.4, -0.2) is 61.3 Å². The predicted molar refractivity (Wildman–Crippen MR) is 91.8 cm³/mol. The minimum Gasteiger partial charge on any atom is -0.394 e. The largest absolute Gasteiger partial charge is 0.394 e. The number of aliphatic hydroxyl groups is 1. The number of nitrogens with one attached hydrogen (secondary N) is 1. The Balaban J connectivity index is 1.67. The van der Waals surface area contributed by atoms with Crippen molar-refractivity contribution < 1.29 is 9.90 Å². The van der Waals surface area contributed by atoms with Crippen LogP contribution in [0.15, 0.2) is 24.3 Å². The fourth-order valence-electron chi connectivity index (χ4n) is 3.44. The number of aliphatic hydroxyl groups excluding tert-OH is 1. The highest BCUT2D eigenvalue weighted by Crippen LogP contribution is 2.23. The summed E-state index contributed by atoms with van der Waals surface area (Å²) >= 11 is 0. The van der Waals surface area contributed by atoms with Gasteiger partial charge in [0, 0.05) is 44.0 Å². The second-order valence-corrected chi connectivity index (χ2v) is 6.76. The van der Waals surface area contributed by atoms with Gasteiger partial charge in [-0.3, -0.25) is 4.79 Å². The summed E-state index contributed by atoms with van der Waals surface area (Å²) < 4.78 is 0. The van der Waals surface area contributed by atoms with E-state index in [0.717, 1.165) is 25.6 Å². The highest BCUT2D eigenvalue weighted by atomic mass is 16.3. The molecule has 5 nitrogen and oxygen atoms in total. The van der Waals surface area contributed by atoms with Crippen molar-refractivity contribution in [2.24, 2.45) is 5.92 Å². The third kappa shape index (κ3) is 3.67. The fourth-order valence-corrected chi connectivity index (χ4v) is 3.44. The van der Waals surface area contributed by atoms with Gasteiger partial charge >= 0.3 is 0 Å². The molecule has 2 N–H and O–H groups in total. The summed E-state index contributed by atoms with van der Waals surface area (Å²) in [5, 5.41) is 12.7. The SMILES string of the molecule is CC1CCN(c2ccc(C(=O)N3CCNCC3CO)cc2)CC1. The number of hydrogen-bond donors (Lipinski definition) is 2. The van der Waals surface area contributed by atoms with Gasteiger partial charge in [0.2, 0.25) is 0 Å². The first-order valence-electron chi connectivity index (χ1n) is 8.66. The van der Waals surface area contributed by atoms with Crippen molar-refractivity contribution in [1.82, 2.24) is 10.2 Å². The van der Waals surface area contributed by atoms with Crippen LogP contribution in [-0.2, 0) is 0 Å². The van der Waals surface area contributed by atoms with Crippen LogP contribution < -0.4 is 10.2 Å². The lowest BCUT2D eigenvalue weighted by molar-refractivity contribution is 0.0536. The summed E-state index contributed by atoms with van der Waals surface area (Å²) in [5.41, 5.74) is 1.91. The van der Waals surface area contributed by atoms with Gasteiger partial charge < -0.3 is 20.2 Å². The molecular formula is C18H27N3O2. The number of carbonyl (C=O) groups is 1. The Morgan fingerprint density at radius 3 is 2.57 bits per heavy atom. The molecule has 2 aliphatic heterocycles. The maximum Gasteiger partial charge on any atom is 0.254 e. The summed E-state index contributed by atoms with van der Waals surface area (Å²) in [4.78, 5) is 16.9. The molecule has 0 aromatic heterocycles. The second-order valence-electron chi connectivity index (χ2n) is 6.76. The van der Waals surface area contributed by atoms with Gasteiger partial charge in [-0.2, -0.15) is 0 Å². The van der Waals surface area contributed by atoms with Crippen LogP contribution in [0.25, 0.3) is 0 Å². The van der Waals surface area contributed by atoms with Gasteiger partial charge in [-0.1, -0.05) is 6.92 Å². The van der Waals surface area contributed by atoms with Gasteiger partial charge in [0.15, 0.2) is 0 Å². The number of rotatable bonds is 3. The molecule has 1 amide bonds. The first kappa shape index (κ1) is 16.3. The van der Waals surface area contributed by atoms with Crippen LogP contribution in [0.1, 0.15) is 30.1 Å². The van der Waals surface area contributed by atoms with E-state index < -0.39 is 0 Å². The molecule has 0 aliphatic carbocycles. The predicted octanol–water partition coefficient (Wildman–Crippen LogP) is 1.33. The van der Waals surface area contributed by atoms with Crippen molar-refractivity contribution >= 4 is 11.6 Å². The number of carbonyl (C=O) groups excluding carboxylic acids is 1. The molecule has 0 radical (unpaired) electrons. The molecule has 3 rings (SSSR count). The minimum absolute atomic E-state index is 0.00276. The molecule has 1 unspecified atom stereocenters. The molecular weight excluding hydrogens is 290 g/mol. The normalized spacial score (nSPS) is 23.1. The number of piperazine rings is 1. The van der Waals surface area contributed by atoms with E-state index in [1.165, 1.54) is 18.5 Å². The van der Waals surface area contributed by atoms with E-state index >= 15 is 0 Å². The molecule has 0 spiro atoms. The number of nitrogens with zero attached hydrogens (tertiary/aromatic N) is 2. The average Bonchev–Trinajstić information content (AvgIpc) is 2.62. The van der Waals surface area contributed by atoms with E-state index in [9.17, 15) is 9.90 Å². The molecule has 1 atom stereocenters. The average molecular weight is 317 g/mol. The quantitative estimate of drug-likeness (QED) is 0.883. The molecule has 2 fully saturated rings. The van der Waals surface area contributed by atoms with Crippen LogP contribution in [0.2, 0.25) is 0 Å². The highest BCUT2D eigenvalue weighted by molar-refractivity contribution is 5.95. The molecule has 23 heavy (non-hydrogen) atoms. The van der Waals surface area contributed by atoms with Gasteiger partial charge in [-0.05, 0) is 43.0 Å². The van der Waals surface area contributed by atoms with Crippen molar-refractivity contribution in [3.05, 3.63) is 29.8 Å². The Bertz CT molecular complexity index is 524. The zero-order chi connectivity index (χ0) is 16.2. The maximum atomic E-state index is 12.7. The molecule has 0 bridgehead atoms. The lowest BCUT2D eigenvalue weighted by Gasteiger charge is -2.35. The van der Waals surface area contributed by atoms with E-state index in [1.54, 1.807) is 4.90 Å². The minimum atomic E-state index is -0.125. The van der Waals surface area contributed by atoms with Crippen molar-refractivity contribution in [3.63, 3.8) is 0 Å². The van der Waals surface area contributed by atoms with Crippen molar-refractivity contribution in [1.29, 1.82) is 0 Å². The van der Waals surface area contributed by atoms with Gasteiger partial charge in [0.05, 0.1) is 12.6 Å². The molecule has 1 aromatic rings. The first-order valence-corrected chi connectivity index (χ1v) is 8.66. The van der Waals surface area contributed by atoms with Gasteiger partial charge in [-0.25, -0.2) is 0 Å². The van der Waals surface area contributed by atoms with Crippen LogP contribution >= 0.6 is 0 Å². The van der Waals surface area contributed by atoms with E-state index in [2.05, 4.69) is 29.3 Å². The van der Waals surface area contributed by atoms with Gasteiger partial charge in [-0.15, -0.1) is 0 Å². The highest BCUT2D eigenvalue weighted by Gasteiger charge is 2.26. The number of piperidine rings is 1. The third-order valence-corrected chi connectivity index (χ3v) is 5.08. The molecule has 1 aromatic carbocycles. The molecule has 2 aliphatic rings. The molecule has 0 saturated carbocycles. The van der Waals surface area contributed by atoms with E-state index in [-0.39, 0.29) is 18.6 Å². The smallest absolute Gasteiger partial charge is 0.254 e. The summed E-state index contributed by atoms with van der Waals surface area (Å²) in [6.45, 7) is 6.60. The van der Waals surface area contributed by atoms with Crippen LogP contribution in [0.4, 0.5) is 5.69 Å². The van der Waals surface area contributed by atoms with Crippen LogP contribution in [0, 0.1) is 5.92 Å². The summed E-state index contributed by atoms with van der Waals surface area (Å²) in [5.74, 6) is 0.833. The van der Waals surface area contributed by atoms with Crippen LogP contribution in [0.5, 0.6) is 0 Å². The number of hydrogen-bond acceptors (Lipinski definition) is 4. The lowest BCUT2D eigenvalue weighted by atomic mass is 9.98. The lowest BCUT2D eigenvalue weighted by Crippen LogP contribution is -2.55. The fraction of sp³-hybridized carbons (Fsp3) is 0.611. The Kier molecular flexibility index (Phi) is 5.18. The Hall–Kier alpha value is -1.59. The summed E-state index contributed by atoms with van der Waals surface area (Å²) in [6.07, 6.45) is 2.47. The summed E-state index contributed by atoms with van der Waals surface area (Å²) in [7, 11) is 0. The molecule has 2 heterocycles. The van der Waals surface area contributed by atoms with Gasteiger partial charge in [0.25, 0.3) is 5.91 Å². The number of amides is 1. The van der Waals surface area contributed by atoms with E-state index in [1.807, 2.05) is 12.1 Å². The van der Waals surface area contributed by atoms with Gasteiger partial charge in [0.1, 0.15) is 0 Å². The molecule has 2 saturated heterocycles. The Morgan fingerprint density at radius 2 is 1.91 bits per heavy atom. The standard InChI is InChI=1S/C18H27N3O2/c1-14-6-9-20(10-7-14)16-4-2-15(3-5-16)18(23)21-11-8-19-12-17(21)13-22/h2-5,14,17,19,22H,6-13H2,1H3. The van der Waals surface area contributed by atoms with Crippen molar-refractivity contribution in [3.8, 4) is 0 Å². The molecule has 126 valence electrons. The topological polar surface area (TPSA) is 55.8 Å². The monoisotopic (exact) mass is 317 g/mol. The summed E-state index contributed by atoms with van der Waals surface area (Å²) in [6, 6.07) is 7.83. The Morgan fingerprint density at radius 1 is 1.22 bits per heavy atom.